The van der Waals surface area contributed by atoms with Gasteiger partial charge in [0.1, 0.15) is 0 Å². The van der Waals surface area contributed by atoms with E-state index < -0.39 is 12.0 Å². The Labute approximate surface area is 95.8 Å². The highest BCUT2D eigenvalue weighted by atomic mass is 16.4. The van der Waals surface area contributed by atoms with Crippen molar-refractivity contribution in [1.82, 2.24) is 10.2 Å². The Hall–Kier alpha value is -1.10. The maximum atomic E-state index is 12.0. The van der Waals surface area contributed by atoms with Crippen LogP contribution in [0.4, 0.5) is 0 Å². The van der Waals surface area contributed by atoms with Crippen LogP contribution in [0.2, 0.25) is 0 Å². The van der Waals surface area contributed by atoms with Gasteiger partial charge in [0.2, 0.25) is 5.91 Å². The minimum absolute atomic E-state index is 0.101. The number of nitrogens with zero attached hydrogens (tertiary/aromatic N) is 1. The van der Waals surface area contributed by atoms with E-state index in [-0.39, 0.29) is 17.7 Å². The first-order valence-corrected chi connectivity index (χ1v) is 5.53. The number of hydrogen-bond donors (Lipinski definition) is 2. The average Bonchev–Trinajstić information content (AvgIpc) is 2.54. The van der Waals surface area contributed by atoms with Crippen LogP contribution in [-0.2, 0) is 9.59 Å². The zero-order valence-electron chi connectivity index (χ0n) is 10.1. The maximum absolute atomic E-state index is 12.0. The van der Waals surface area contributed by atoms with Gasteiger partial charge in [-0.25, -0.2) is 0 Å². The van der Waals surface area contributed by atoms with E-state index in [2.05, 4.69) is 19.2 Å². The van der Waals surface area contributed by atoms with Gasteiger partial charge in [-0.15, -0.1) is 0 Å². The Balaban J connectivity index is 2.59. The number of carbonyl (C=O) groups is 2. The van der Waals surface area contributed by atoms with Gasteiger partial charge in [-0.1, -0.05) is 13.8 Å². The average molecular weight is 228 g/mol. The molecule has 1 saturated heterocycles. The second kappa shape index (κ2) is 4.82. The molecule has 0 aromatic carbocycles. The number of carbonyl (C=O) groups excluding carboxylic acids is 1. The minimum Gasteiger partial charge on any atom is -0.481 e. The largest absolute Gasteiger partial charge is 0.481 e. The van der Waals surface area contributed by atoms with Crippen molar-refractivity contribution in [1.29, 1.82) is 0 Å². The Morgan fingerprint density at radius 1 is 1.50 bits per heavy atom. The summed E-state index contributed by atoms with van der Waals surface area (Å²) in [5.41, 5.74) is 0.150. The molecule has 0 saturated carbocycles. The first-order chi connectivity index (χ1) is 7.35. The lowest BCUT2D eigenvalue weighted by atomic mass is 9.93. The van der Waals surface area contributed by atoms with Crippen molar-refractivity contribution >= 4 is 11.9 Å². The van der Waals surface area contributed by atoms with E-state index in [1.54, 1.807) is 11.9 Å². The molecule has 1 heterocycles. The highest BCUT2D eigenvalue weighted by Gasteiger charge is 2.35. The SMILES string of the molecule is CN[C@@H](CC(=O)O)C(=O)N1CCC(C)(C)C1. The third kappa shape index (κ3) is 3.20. The standard InChI is InChI=1S/C11H20N2O3/c1-11(2)4-5-13(7-11)10(16)8(12-3)6-9(14)15/h8,12H,4-7H2,1-3H3,(H,14,15)/t8-/m0/s1. The second-order valence-electron chi connectivity index (χ2n) is 5.11. The molecule has 5 nitrogen and oxygen atoms in total. The predicted octanol–water partition coefficient (Wildman–Crippen LogP) is 0.308. The molecular weight excluding hydrogens is 208 g/mol. The molecule has 0 aliphatic carbocycles. The molecule has 0 radical (unpaired) electrons. The lowest BCUT2D eigenvalue weighted by Gasteiger charge is -2.23. The number of hydrogen-bond acceptors (Lipinski definition) is 3. The number of aliphatic carboxylic acids is 1. The molecular formula is C11H20N2O3. The van der Waals surface area contributed by atoms with Gasteiger partial charge in [0.05, 0.1) is 12.5 Å². The summed E-state index contributed by atoms with van der Waals surface area (Å²) in [6.07, 6.45) is 0.814. The molecule has 1 rings (SSSR count). The fourth-order valence-electron chi connectivity index (χ4n) is 2.01. The smallest absolute Gasteiger partial charge is 0.305 e. The molecule has 1 amide bonds. The molecule has 0 unspecified atom stereocenters. The molecule has 5 heteroatoms. The summed E-state index contributed by atoms with van der Waals surface area (Å²) >= 11 is 0. The lowest BCUT2D eigenvalue weighted by Crippen LogP contribution is -2.45. The first-order valence-electron chi connectivity index (χ1n) is 5.53. The monoisotopic (exact) mass is 228 g/mol. The second-order valence-corrected chi connectivity index (χ2v) is 5.11. The topological polar surface area (TPSA) is 69.6 Å². The summed E-state index contributed by atoms with van der Waals surface area (Å²) in [6.45, 7) is 5.67. The van der Waals surface area contributed by atoms with Crippen LogP contribution in [0.3, 0.4) is 0 Å². The van der Waals surface area contributed by atoms with Crippen LogP contribution in [0.25, 0.3) is 0 Å². The van der Waals surface area contributed by atoms with E-state index >= 15 is 0 Å². The molecule has 92 valence electrons. The summed E-state index contributed by atoms with van der Waals surface area (Å²) < 4.78 is 0. The fraction of sp³-hybridized carbons (Fsp3) is 0.818. The number of likely N-dealkylation sites (N-methyl/N-ethyl adjacent to an activating group) is 1. The van der Waals surface area contributed by atoms with Crippen molar-refractivity contribution in [2.24, 2.45) is 5.41 Å². The first kappa shape index (κ1) is 13.0. The van der Waals surface area contributed by atoms with Crippen LogP contribution in [-0.4, -0.2) is 48.1 Å². The van der Waals surface area contributed by atoms with E-state index in [9.17, 15) is 9.59 Å². The molecule has 1 fully saturated rings. The molecule has 2 N–H and O–H groups in total. The number of nitrogens with one attached hydrogen (secondary N) is 1. The zero-order chi connectivity index (χ0) is 12.3. The van der Waals surface area contributed by atoms with Gasteiger partial charge in [-0.3, -0.25) is 9.59 Å². The Kier molecular flexibility index (Phi) is 3.91. The molecule has 1 aliphatic heterocycles. The van der Waals surface area contributed by atoms with Gasteiger partial charge in [-0.2, -0.15) is 0 Å². The third-order valence-electron chi connectivity index (χ3n) is 3.01. The molecule has 16 heavy (non-hydrogen) atoms. The van der Waals surface area contributed by atoms with Crippen LogP contribution >= 0.6 is 0 Å². The van der Waals surface area contributed by atoms with Crippen LogP contribution in [0.5, 0.6) is 0 Å². The van der Waals surface area contributed by atoms with E-state index in [1.165, 1.54) is 0 Å². The van der Waals surface area contributed by atoms with E-state index in [0.717, 1.165) is 13.0 Å². The number of carboxylic acids is 1. The molecule has 0 aromatic heterocycles. The van der Waals surface area contributed by atoms with Gasteiger partial charge in [0, 0.05) is 13.1 Å². The quantitative estimate of drug-likeness (QED) is 0.726. The van der Waals surface area contributed by atoms with Gasteiger partial charge in [0.15, 0.2) is 0 Å². The number of amides is 1. The highest BCUT2D eigenvalue weighted by Crippen LogP contribution is 2.29. The minimum atomic E-state index is -0.953. The Bertz CT molecular complexity index is 289. The van der Waals surface area contributed by atoms with E-state index in [1.807, 2.05) is 0 Å². The van der Waals surface area contributed by atoms with Crippen LogP contribution in [0.15, 0.2) is 0 Å². The summed E-state index contributed by atoms with van der Waals surface area (Å²) in [5, 5.41) is 11.5. The van der Waals surface area contributed by atoms with Crippen LogP contribution in [0.1, 0.15) is 26.7 Å². The van der Waals surface area contributed by atoms with Gasteiger partial charge in [0.25, 0.3) is 0 Å². The fourth-order valence-corrected chi connectivity index (χ4v) is 2.01. The summed E-state index contributed by atoms with van der Waals surface area (Å²) in [6, 6.07) is -0.605. The van der Waals surface area contributed by atoms with Gasteiger partial charge in [-0.05, 0) is 18.9 Å². The third-order valence-corrected chi connectivity index (χ3v) is 3.01. The van der Waals surface area contributed by atoms with Crippen molar-refractivity contribution in [3.8, 4) is 0 Å². The van der Waals surface area contributed by atoms with Crippen molar-refractivity contribution in [2.75, 3.05) is 20.1 Å². The molecule has 0 bridgehead atoms. The molecule has 0 aromatic rings. The maximum Gasteiger partial charge on any atom is 0.305 e. The molecule has 0 spiro atoms. The highest BCUT2D eigenvalue weighted by molar-refractivity contribution is 5.86. The number of rotatable bonds is 4. The summed E-state index contributed by atoms with van der Waals surface area (Å²) in [4.78, 5) is 24.4. The van der Waals surface area contributed by atoms with E-state index in [0.29, 0.717) is 6.54 Å². The van der Waals surface area contributed by atoms with Crippen LogP contribution in [0, 0.1) is 5.41 Å². The number of carboxylic acid groups (broad SMARTS) is 1. The van der Waals surface area contributed by atoms with Crippen molar-refractivity contribution in [2.45, 2.75) is 32.7 Å². The summed E-state index contributed by atoms with van der Waals surface area (Å²) in [7, 11) is 1.62. The normalized spacial score (nSPS) is 20.8. The van der Waals surface area contributed by atoms with Gasteiger partial charge < -0.3 is 15.3 Å². The zero-order valence-corrected chi connectivity index (χ0v) is 10.1. The van der Waals surface area contributed by atoms with Crippen molar-refractivity contribution in [3.05, 3.63) is 0 Å². The van der Waals surface area contributed by atoms with E-state index in [4.69, 9.17) is 5.11 Å². The Morgan fingerprint density at radius 2 is 2.12 bits per heavy atom. The van der Waals surface area contributed by atoms with Crippen LogP contribution < -0.4 is 5.32 Å². The van der Waals surface area contributed by atoms with Crippen molar-refractivity contribution in [3.63, 3.8) is 0 Å². The number of likely N-dealkylation sites (tertiary alicyclic amines) is 1. The summed E-state index contributed by atoms with van der Waals surface area (Å²) in [5.74, 6) is -1.05. The Morgan fingerprint density at radius 3 is 2.50 bits per heavy atom. The van der Waals surface area contributed by atoms with Crippen molar-refractivity contribution < 1.29 is 14.7 Å². The lowest BCUT2D eigenvalue weighted by molar-refractivity contribution is -0.142. The van der Waals surface area contributed by atoms with Gasteiger partial charge >= 0.3 is 5.97 Å². The molecule has 1 atom stereocenters. The molecule has 1 aliphatic rings. The predicted molar refractivity (Wildman–Crippen MR) is 60.1 cm³/mol.